The zero-order chi connectivity index (χ0) is 15.6. The van der Waals surface area contributed by atoms with Gasteiger partial charge in [0.1, 0.15) is 5.82 Å². The van der Waals surface area contributed by atoms with Crippen LogP contribution in [-0.4, -0.2) is 23.1 Å². The Labute approximate surface area is 122 Å². The fourth-order valence-electron chi connectivity index (χ4n) is 2.03. The molecule has 0 aliphatic rings. The van der Waals surface area contributed by atoms with Gasteiger partial charge in [0.15, 0.2) is 0 Å². The summed E-state index contributed by atoms with van der Waals surface area (Å²) in [5.41, 5.74) is 2.48. The Morgan fingerprint density at radius 3 is 2.43 bits per heavy atom. The Kier molecular flexibility index (Phi) is 4.40. The molecule has 0 spiro atoms. The van der Waals surface area contributed by atoms with Crippen LogP contribution in [0.2, 0.25) is 0 Å². The van der Waals surface area contributed by atoms with Gasteiger partial charge in [-0.05, 0) is 37.6 Å². The number of anilines is 1. The maximum Gasteiger partial charge on any atom is 0.491 e. The van der Waals surface area contributed by atoms with E-state index in [0.717, 1.165) is 17.2 Å². The van der Waals surface area contributed by atoms with Crippen molar-refractivity contribution in [2.75, 3.05) is 5.32 Å². The molecule has 0 atom stereocenters. The van der Waals surface area contributed by atoms with Crippen LogP contribution in [0.5, 0.6) is 0 Å². The Hall–Kier alpha value is -2.18. The molecule has 0 aliphatic heterocycles. The van der Waals surface area contributed by atoms with Gasteiger partial charge < -0.3 is 15.4 Å². The lowest BCUT2D eigenvalue weighted by atomic mass is 9.79. The predicted molar refractivity (Wildman–Crippen MR) is 80.1 cm³/mol. The maximum absolute atomic E-state index is 13.6. The second-order valence-corrected chi connectivity index (χ2v) is 4.88. The van der Waals surface area contributed by atoms with Crippen LogP contribution in [0.15, 0.2) is 36.4 Å². The van der Waals surface area contributed by atoms with Crippen LogP contribution < -0.4 is 10.8 Å². The molecule has 0 aliphatic carbocycles. The van der Waals surface area contributed by atoms with E-state index in [0.29, 0.717) is 5.69 Å². The molecule has 0 saturated heterocycles. The number of benzene rings is 2. The van der Waals surface area contributed by atoms with Gasteiger partial charge in [-0.15, -0.1) is 0 Å². The zero-order valence-corrected chi connectivity index (χ0v) is 11.7. The minimum absolute atomic E-state index is 0.108. The Morgan fingerprint density at radius 2 is 1.86 bits per heavy atom. The van der Waals surface area contributed by atoms with Crippen molar-refractivity contribution in [1.82, 2.24) is 0 Å². The summed E-state index contributed by atoms with van der Waals surface area (Å²) in [5, 5.41) is 20.6. The highest BCUT2D eigenvalue weighted by atomic mass is 19.1. The van der Waals surface area contributed by atoms with Gasteiger partial charge in [-0.3, -0.25) is 4.79 Å². The highest BCUT2D eigenvalue weighted by molar-refractivity contribution is 6.58. The molecule has 0 saturated carbocycles. The predicted octanol–water partition coefficient (Wildman–Crippen LogP) is 1.37. The van der Waals surface area contributed by atoms with E-state index in [9.17, 15) is 9.18 Å². The summed E-state index contributed by atoms with van der Waals surface area (Å²) < 4.78 is 13.6. The number of halogens is 1. The largest absolute Gasteiger partial charge is 0.491 e. The second-order valence-electron chi connectivity index (χ2n) is 4.88. The topological polar surface area (TPSA) is 69.6 Å². The molecule has 21 heavy (non-hydrogen) atoms. The van der Waals surface area contributed by atoms with Crippen molar-refractivity contribution in [2.45, 2.75) is 13.8 Å². The minimum Gasteiger partial charge on any atom is -0.423 e. The number of hydrogen-bond acceptors (Lipinski definition) is 3. The Balaban J connectivity index is 2.22. The summed E-state index contributed by atoms with van der Waals surface area (Å²) in [7, 11) is -1.90. The molecule has 0 heterocycles. The van der Waals surface area contributed by atoms with Crippen LogP contribution in [0.3, 0.4) is 0 Å². The van der Waals surface area contributed by atoms with Crippen molar-refractivity contribution >= 4 is 24.2 Å². The van der Waals surface area contributed by atoms with E-state index in [4.69, 9.17) is 10.0 Å². The molecule has 0 fully saturated rings. The van der Waals surface area contributed by atoms with Crippen molar-refractivity contribution in [3.63, 3.8) is 0 Å². The molecule has 2 aromatic rings. The van der Waals surface area contributed by atoms with E-state index in [2.05, 4.69) is 5.32 Å². The van der Waals surface area contributed by atoms with Gasteiger partial charge in [0.05, 0.1) is 0 Å². The smallest absolute Gasteiger partial charge is 0.423 e. The van der Waals surface area contributed by atoms with E-state index in [1.165, 1.54) is 12.1 Å². The van der Waals surface area contributed by atoms with Gasteiger partial charge in [-0.25, -0.2) is 4.39 Å². The molecule has 108 valence electrons. The fraction of sp³-hybridized carbons (Fsp3) is 0.133. The first-order valence-corrected chi connectivity index (χ1v) is 6.42. The highest BCUT2D eigenvalue weighted by Gasteiger charge is 2.18. The quantitative estimate of drug-likeness (QED) is 0.747. The monoisotopic (exact) mass is 287 g/mol. The molecule has 0 unspecified atom stereocenters. The van der Waals surface area contributed by atoms with Crippen LogP contribution in [0, 0.1) is 19.7 Å². The lowest BCUT2D eigenvalue weighted by molar-refractivity contribution is 0.102. The number of hydrogen-bond donors (Lipinski definition) is 3. The molecular formula is C15H15BFNO3. The van der Waals surface area contributed by atoms with E-state index in [-0.39, 0.29) is 11.0 Å². The van der Waals surface area contributed by atoms with Gasteiger partial charge in [-0.1, -0.05) is 23.8 Å². The first-order valence-electron chi connectivity index (χ1n) is 6.42. The van der Waals surface area contributed by atoms with Crippen LogP contribution in [0.25, 0.3) is 0 Å². The summed E-state index contributed by atoms with van der Waals surface area (Å²) in [6, 6.07) is 9.09. The van der Waals surface area contributed by atoms with E-state index in [1.54, 1.807) is 6.07 Å². The summed E-state index contributed by atoms with van der Waals surface area (Å²) in [4.78, 5) is 12.1. The molecule has 2 aromatic carbocycles. The first-order chi connectivity index (χ1) is 9.88. The minimum atomic E-state index is -1.90. The second kappa shape index (κ2) is 6.07. The number of rotatable bonds is 3. The van der Waals surface area contributed by atoms with Crippen LogP contribution in [-0.2, 0) is 0 Å². The molecule has 0 bridgehead atoms. The highest BCUT2D eigenvalue weighted by Crippen LogP contribution is 2.17. The molecular weight excluding hydrogens is 272 g/mol. The number of carbonyl (C=O) groups excluding carboxylic acids is 1. The SMILES string of the molecule is Cc1ccc(NC(=O)c2ccc(B(O)O)c(F)c2)c(C)c1. The van der Waals surface area contributed by atoms with Crippen molar-refractivity contribution in [2.24, 2.45) is 0 Å². The van der Waals surface area contributed by atoms with Crippen LogP contribution >= 0.6 is 0 Å². The molecule has 1 amide bonds. The summed E-state index contributed by atoms with van der Waals surface area (Å²) >= 11 is 0. The van der Waals surface area contributed by atoms with Crippen molar-refractivity contribution in [3.8, 4) is 0 Å². The first kappa shape index (κ1) is 15.2. The van der Waals surface area contributed by atoms with Gasteiger partial charge in [0, 0.05) is 16.7 Å². The zero-order valence-electron chi connectivity index (χ0n) is 11.7. The number of aryl methyl sites for hydroxylation is 2. The average Bonchev–Trinajstić information content (AvgIpc) is 2.41. The van der Waals surface area contributed by atoms with Gasteiger partial charge in [0.2, 0.25) is 0 Å². The summed E-state index contributed by atoms with van der Waals surface area (Å²) in [5.74, 6) is -1.29. The molecule has 2 rings (SSSR count). The van der Waals surface area contributed by atoms with Crippen molar-refractivity contribution < 1.29 is 19.2 Å². The third kappa shape index (κ3) is 3.48. The van der Waals surface area contributed by atoms with E-state index >= 15 is 0 Å². The van der Waals surface area contributed by atoms with Gasteiger partial charge in [-0.2, -0.15) is 0 Å². The van der Waals surface area contributed by atoms with E-state index in [1.807, 2.05) is 26.0 Å². The normalized spacial score (nSPS) is 10.3. The molecule has 6 heteroatoms. The lowest BCUT2D eigenvalue weighted by Gasteiger charge is -2.10. The number of amides is 1. The lowest BCUT2D eigenvalue weighted by Crippen LogP contribution is -2.33. The number of carbonyl (C=O) groups is 1. The van der Waals surface area contributed by atoms with Crippen LogP contribution in [0.4, 0.5) is 10.1 Å². The Morgan fingerprint density at radius 1 is 1.14 bits per heavy atom. The van der Waals surface area contributed by atoms with Gasteiger partial charge >= 0.3 is 7.12 Å². The molecule has 4 nitrogen and oxygen atoms in total. The molecule has 3 N–H and O–H groups in total. The Bertz CT molecular complexity index is 689. The molecule has 0 aromatic heterocycles. The number of nitrogens with one attached hydrogen (secondary N) is 1. The maximum atomic E-state index is 13.6. The van der Waals surface area contributed by atoms with Gasteiger partial charge in [0.25, 0.3) is 5.91 Å². The standard InChI is InChI=1S/C15H15BFNO3/c1-9-3-6-14(10(2)7-9)18-15(19)11-4-5-12(16(20)21)13(17)8-11/h3-8,20-21H,1-2H3,(H,18,19). The van der Waals surface area contributed by atoms with Crippen molar-refractivity contribution in [3.05, 3.63) is 58.9 Å². The summed E-state index contributed by atoms with van der Waals surface area (Å²) in [6.45, 7) is 3.82. The third-order valence-corrected chi connectivity index (χ3v) is 3.17. The third-order valence-electron chi connectivity index (χ3n) is 3.17. The van der Waals surface area contributed by atoms with Crippen LogP contribution in [0.1, 0.15) is 21.5 Å². The van der Waals surface area contributed by atoms with E-state index < -0.39 is 18.8 Å². The van der Waals surface area contributed by atoms with Crippen molar-refractivity contribution in [1.29, 1.82) is 0 Å². The molecule has 0 radical (unpaired) electrons. The average molecular weight is 287 g/mol. The summed E-state index contributed by atoms with van der Waals surface area (Å²) in [6.07, 6.45) is 0. The fourth-order valence-corrected chi connectivity index (χ4v) is 2.03.